The molecule has 2 saturated carbocycles. The van der Waals surface area contributed by atoms with E-state index in [0.29, 0.717) is 41.0 Å². The summed E-state index contributed by atoms with van der Waals surface area (Å²) in [6, 6.07) is 4.63. The van der Waals surface area contributed by atoms with Gasteiger partial charge in [0.1, 0.15) is 30.3 Å². The summed E-state index contributed by atoms with van der Waals surface area (Å²) in [6.45, 7) is 7.85. The number of alkyl halides is 1. The summed E-state index contributed by atoms with van der Waals surface area (Å²) < 4.78 is 16.0. The van der Waals surface area contributed by atoms with Crippen molar-refractivity contribution in [2.24, 2.45) is 23.2 Å². The Morgan fingerprint density at radius 1 is 1.18 bits per heavy atom. The Morgan fingerprint density at radius 3 is 2.52 bits per heavy atom. The summed E-state index contributed by atoms with van der Waals surface area (Å²) in [6.07, 6.45) is 2.14. The first-order valence-corrected chi connectivity index (χ1v) is 13.8. The Kier molecular flexibility index (Phi) is 5.34. The van der Waals surface area contributed by atoms with Gasteiger partial charge >= 0.3 is 0 Å². The van der Waals surface area contributed by atoms with Crippen molar-refractivity contribution in [1.29, 1.82) is 0 Å². The van der Waals surface area contributed by atoms with Crippen LogP contribution < -0.4 is 5.32 Å². The van der Waals surface area contributed by atoms with E-state index in [4.69, 9.17) is 0 Å². The minimum Gasteiger partial charge on any atom is -0.353 e. The number of hydrogen-bond acceptors (Lipinski definition) is 6. The minimum atomic E-state index is -1.27. The summed E-state index contributed by atoms with van der Waals surface area (Å²) in [7, 11) is 0. The first kappa shape index (κ1) is 25.0. The van der Waals surface area contributed by atoms with Gasteiger partial charge in [0.25, 0.3) is 0 Å². The third kappa shape index (κ3) is 3.37. The van der Waals surface area contributed by atoms with E-state index in [1.54, 1.807) is 31.0 Å². The molecule has 4 bridgehead atoms. The van der Waals surface area contributed by atoms with Crippen LogP contribution in [-0.2, 0) is 16.1 Å². The van der Waals surface area contributed by atoms with Crippen molar-refractivity contribution in [2.75, 3.05) is 13.1 Å². The van der Waals surface area contributed by atoms with Gasteiger partial charge in [-0.3, -0.25) is 19.1 Å². The van der Waals surface area contributed by atoms with Crippen LogP contribution in [0.1, 0.15) is 43.5 Å². The molecule has 3 heterocycles. The van der Waals surface area contributed by atoms with Gasteiger partial charge < -0.3 is 10.2 Å². The van der Waals surface area contributed by atoms with E-state index in [-0.39, 0.29) is 42.3 Å². The van der Waals surface area contributed by atoms with E-state index in [2.05, 4.69) is 34.2 Å². The summed E-state index contributed by atoms with van der Waals surface area (Å²) in [5, 5.41) is 8.07. The number of benzene rings is 1. The lowest BCUT2D eigenvalue weighted by Gasteiger charge is -2.80. The Labute approximate surface area is 230 Å². The van der Waals surface area contributed by atoms with Gasteiger partial charge in [0.15, 0.2) is 5.78 Å². The molecule has 4 unspecified atom stereocenters. The van der Waals surface area contributed by atoms with E-state index in [1.165, 1.54) is 22.1 Å². The molecule has 9 rings (SSSR count). The number of nitrogens with zero attached hydrogens (tertiary/aromatic N) is 5. The molecule has 1 aliphatic heterocycles. The quantitative estimate of drug-likeness (QED) is 0.363. The van der Waals surface area contributed by atoms with Crippen LogP contribution in [0.5, 0.6) is 0 Å². The number of likely N-dealkylation sites (tertiary alicyclic amines) is 1. The molecule has 3 aromatic rings. The molecule has 40 heavy (non-hydrogen) atoms. The molecule has 1 saturated heterocycles. The highest BCUT2D eigenvalue weighted by molar-refractivity contribution is 6.06. The minimum absolute atomic E-state index is 0.0192. The summed E-state index contributed by atoms with van der Waals surface area (Å²) in [5.74, 6) is 1.67. The maximum atomic E-state index is 14.5. The molecule has 6 aliphatic rings. The number of allylic oxidation sites excluding steroid dienone is 1. The zero-order valence-electron chi connectivity index (χ0n) is 22.9. The van der Waals surface area contributed by atoms with Crippen LogP contribution in [0.15, 0.2) is 41.7 Å². The van der Waals surface area contributed by atoms with Gasteiger partial charge in [-0.2, -0.15) is 5.10 Å². The SMILES string of the molecule is CC(=O)c1nn(CC(=O)N2C[C@H](F)C[C@H]2C(=O)NCC2(C)C3=C4C(C)C3C42)c2ccc(-c3cnc(C)nc3)cc12. The molecule has 9 nitrogen and oxygen atoms in total. The topological polar surface area (TPSA) is 110 Å². The van der Waals surface area contributed by atoms with Crippen LogP contribution in [0.2, 0.25) is 0 Å². The van der Waals surface area contributed by atoms with Crippen molar-refractivity contribution in [1.82, 2.24) is 30.0 Å². The highest BCUT2D eigenvalue weighted by Gasteiger charge is 2.76. The molecule has 206 valence electrons. The van der Waals surface area contributed by atoms with Gasteiger partial charge in [-0.25, -0.2) is 14.4 Å². The van der Waals surface area contributed by atoms with E-state index in [9.17, 15) is 18.8 Å². The van der Waals surface area contributed by atoms with Crippen molar-refractivity contribution >= 4 is 28.5 Å². The molecule has 2 amide bonds. The number of fused-ring (bicyclic) bond motifs is 1. The molecule has 5 aliphatic carbocycles. The van der Waals surface area contributed by atoms with Gasteiger partial charge in [-0.1, -0.05) is 31.1 Å². The van der Waals surface area contributed by atoms with Crippen molar-refractivity contribution in [3.8, 4) is 11.1 Å². The van der Waals surface area contributed by atoms with Crippen molar-refractivity contribution < 1.29 is 18.8 Å². The number of halogens is 1. The highest BCUT2D eigenvalue weighted by Crippen LogP contribution is 2.83. The third-order valence-corrected chi connectivity index (χ3v) is 9.66. The van der Waals surface area contributed by atoms with Crippen LogP contribution in [0.4, 0.5) is 4.39 Å². The maximum absolute atomic E-state index is 14.5. The number of aryl methyl sites for hydroxylation is 1. The number of hydrogen-bond donors (Lipinski definition) is 1. The summed E-state index contributed by atoms with van der Waals surface area (Å²) in [5.41, 5.74) is 5.54. The standard InChI is InChI=1S/C30H31FN6O3/c1-14-24-26-25(14)27(24)30(26,4)13-34-29(40)22-8-19(31)11-36(22)23(39)12-37-21-6-5-17(18-9-32-16(3)33-10-18)7-20(21)28(35-37)15(2)38/h5-7,9-10,14,19,22,24,26H,8,11-13H2,1-4H3,(H,34,40)/t14?,19-,22+,24?,26?,30?/m1/s1. The van der Waals surface area contributed by atoms with Gasteiger partial charge in [0.05, 0.1) is 12.1 Å². The van der Waals surface area contributed by atoms with E-state index < -0.39 is 18.1 Å². The second-order valence-corrected chi connectivity index (χ2v) is 12.0. The molecule has 2 aromatic heterocycles. The van der Waals surface area contributed by atoms with E-state index >= 15 is 0 Å². The monoisotopic (exact) mass is 542 g/mol. The van der Waals surface area contributed by atoms with Gasteiger partial charge in [0, 0.05) is 48.6 Å². The van der Waals surface area contributed by atoms with Crippen LogP contribution in [0.25, 0.3) is 22.0 Å². The Morgan fingerprint density at radius 2 is 1.88 bits per heavy atom. The van der Waals surface area contributed by atoms with Crippen LogP contribution >= 0.6 is 0 Å². The average Bonchev–Trinajstić information content (AvgIpc) is 3.45. The molecular weight excluding hydrogens is 511 g/mol. The lowest BCUT2D eigenvalue weighted by Crippen LogP contribution is -2.75. The fraction of sp³-hybridized carbons (Fsp3) is 0.467. The van der Waals surface area contributed by atoms with Crippen molar-refractivity contribution in [3.63, 3.8) is 0 Å². The number of Topliss-reactive ketones (excluding diaryl/α,β-unsaturated/α-hetero) is 1. The highest BCUT2D eigenvalue weighted by atomic mass is 19.1. The number of amides is 2. The van der Waals surface area contributed by atoms with Crippen LogP contribution in [0, 0.1) is 30.1 Å². The smallest absolute Gasteiger partial charge is 0.245 e. The molecule has 10 heteroatoms. The van der Waals surface area contributed by atoms with Crippen LogP contribution in [0.3, 0.4) is 0 Å². The molecule has 6 atom stereocenters. The molecule has 1 aromatic carbocycles. The van der Waals surface area contributed by atoms with Gasteiger partial charge in [-0.05, 0) is 42.4 Å². The third-order valence-electron chi connectivity index (χ3n) is 9.66. The lowest BCUT2D eigenvalue weighted by atomic mass is 9.24. The zero-order chi connectivity index (χ0) is 28.1. The van der Waals surface area contributed by atoms with Crippen molar-refractivity contribution in [2.45, 2.75) is 52.9 Å². The Hall–Kier alpha value is -3.95. The fourth-order valence-electron chi connectivity index (χ4n) is 7.52. The van der Waals surface area contributed by atoms with Crippen molar-refractivity contribution in [3.05, 3.63) is 53.3 Å². The second-order valence-electron chi connectivity index (χ2n) is 12.0. The molecule has 3 fully saturated rings. The number of carbonyl (C=O) groups excluding carboxylic acids is 3. The van der Waals surface area contributed by atoms with Gasteiger partial charge in [0.2, 0.25) is 11.8 Å². The number of ketones is 1. The Balaban J connectivity index is 1.09. The molecule has 0 spiro atoms. The largest absolute Gasteiger partial charge is 0.353 e. The lowest BCUT2D eigenvalue weighted by molar-refractivity contribution is -0.140. The van der Waals surface area contributed by atoms with E-state index in [1.807, 2.05) is 12.1 Å². The number of nitrogens with one attached hydrogen (secondary N) is 1. The molecule has 1 N–H and O–H groups in total. The van der Waals surface area contributed by atoms with Gasteiger partial charge in [-0.15, -0.1) is 0 Å². The number of carbonyl (C=O) groups is 3. The normalized spacial score (nSPS) is 29.6. The van der Waals surface area contributed by atoms with E-state index in [0.717, 1.165) is 11.1 Å². The average molecular weight is 543 g/mol. The molecule has 0 radical (unpaired) electrons. The summed E-state index contributed by atoms with van der Waals surface area (Å²) >= 11 is 0. The fourth-order valence-corrected chi connectivity index (χ4v) is 7.52. The Bertz CT molecular complexity index is 1640. The first-order valence-electron chi connectivity index (χ1n) is 13.8. The molecular formula is C30H31FN6O3. The maximum Gasteiger partial charge on any atom is 0.245 e. The summed E-state index contributed by atoms with van der Waals surface area (Å²) in [4.78, 5) is 48.8. The number of aromatic nitrogens is 4. The predicted octanol–water partition coefficient (Wildman–Crippen LogP) is 3.27. The zero-order valence-corrected chi connectivity index (χ0v) is 22.9. The first-order chi connectivity index (χ1) is 19.1. The predicted molar refractivity (Wildman–Crippen MR) is 145 cm³/mol. The second kappa shape index (κ2) is 8.52. The van der Waals surface area contributed by atoms with Crippen LogP contribution in [-0.4, -0.2) is 67.5 Å². The number of rotatable bonds is 7.